The van der Waals surface area contributed by atoms with E-state index in [1.54, 1.807) is 0 Å². The molecule has 2 fully saturated rings. The van der Waals surface area contributed by atoms with Crippen molar-refractivity contribution in [2.24, 2.45) is 23.2 Å². The lowest BCUT2D eigenvalue weighted by Gasteiger charge is -2.15. The van der Waals surface area contributed by atoms with E-state index in [2.05, 4.69) is 13.8 Å². The summed E-state index contributed by atoms with van der Waals surface area (Å²) in [6.07, 6.45) is 3.63. The molecule has 2 rings (SSSR count). The van der Waals surface area contributed by atoms with Gasteiger partial charge in [0.05, 0.1) is 5.75 Å². The van der Waals surface area contributed by atoms with Gasteiger partial charge in [0.15, 0.2) is 0 Å². The van der Waals surface area contributed by atoms with Crippen molar-refractivity contribution in [1.82, 2.24) is 0 Å². The van der Waals surface area contributed by atoms with Crippen LogP contribution in [-0.4, -0.2) is 14.2 Å². The summed E-state index contributed by atoms with van der Waals surface area (Å²) in [5.74, 6) is 2.16. The molecular formula is C10H17ClO2S. The smallest absolute Gasteiger partial charge is 0.212 e. The van der Waals surface area contributed by atoms with Crippen LogP contribution in [0.1, 0.15) is 33.1 Å². The summed E-state index contributed by atoms with van der Waals surface area (Å²) >= 11 is 0. The number of fused-ring (bicyclic) bond motifs is 1. The second-order valence-corrected chi connectivity index (χ2v) is 8.10. The second-order valence-electron chi connectivity index (χ2n) is 5.32. The zero-order valence-corrected chi connectivity index (χ0v) is 10.2. The van der Waals surface area contributed by atoms with Gasteiger partial charge in [0.2, 0.25) is 9.05 Å². The summed E-state index contributed by atoms with van der Waals surface area (Å²) in [6, 6.07) is 0. The first kappa shape index (κ1) is 10.7. The van der Waals surface area contributed by atoms with E-state index in [-0.39, 0.29) is 11.2 Å². The molecule has 0 radical (unpaired) electrons. The molecule has 2 nitrogen and oxygen atoms in total. The molecule has 0 aromatic rings. The highest BCUT2D eigenvalue weighted by atomic mass is 35.7. The van der Waals surface area contributed by atoms with E-state index in [1.807, 2.05) is 0 Å². The minimum absolute atomic E-state index is 0.00859. The fourth-order valence-electron chi connectivity index (χ4n) is 3.33. The number of hydrogen-bond donors (Lipinski definition) is 0. The molecule has 0 aliphatic heterocycles. The average molecular weight is 237 g/mol. The quantitative estimate of drug-likeness (QED) is 0.691. The van der Waals surface area contributed by atoms with Crippen molar-refractivity contribution in [3.05, 3.63) is 0 Å². The Morgan fingerprint density at radius 3 is 2.50 bits per heavy atom. The third-order valence-corrected chi connectivity index (χ3v) is 5.48. The van der Waals surface area contributed by atoms with Gasteiger partial charge >= 0.3 is 0 Å². The van der Waals surface area contributed by atoms with Crippen LogP contribution in [0.4, 0.5) is 0 Å². The minimum atomic E-state index is -3.32. The maximum atomic E-state index is 11.1. The maximum absolute atomic E-state index is 11.1. The molecule has 2 saturated carbocycles. The van der Waals surface area contributed by atoms with E-state index in [0.29, 0.717) is 11.8 Å². The number of rotatable bonds is 2. The van der Waals surface area contributed by atoms with Crippen LogP contribution in [0.15, 0.2) is 0 Å². The standard InChI is InChI=1S/C10H17ClO2S/c1-7-3-4-8-9(5-7)10(8,2)6-14(11,12)13/h7-9H,3-6H2,1-2H3. The van der Waals surface area contributed by atoms with Crippen LogP contribution in [0.5, 0.6) is 0 Å². The SMILES string of the molecule is CC1CCC2C(C1)C2(C)CS(=O)(=O)Cl. The van der Waals surface area contributed by atoms with E-state index in [1.165, 1.54) is 19.3 Å². The van der Waals surface area contributed by atoms with E-state index >= 15 is 0 Å². The van der Waals surface area contributed by atoms with Gasteiger partial charge < -0.3 is 0 Å². The van der Waals surface area contributed by atoms with Crippen LogP contribution in [0.2, 0.25) is 0 Å². The van der Waals surface area contributed by atoms with Gasteiger partial charge in [-0.2, -0.15) is 0 Å². The zero-order valence-electron chi connectivity index (χ0n) is 8.66. The average Bonchev–Trinajstić information content (AvgIpc) is 2.51. The fraction of sp³-hybridized carbons (Fsp3) is 1.00. The summed E-state index contributed by atoms with van der Waals surface area (Å²) in [6.45, 7) is 4.34. The van der Waals surface area contributed by atoms with Crippen molar-refractivity contribution in [2.45, 2.75) is 33.1 Å². The monoisotopic (exact) mass is 236 g/mol. The molecule has 0 heterocycles. The van der Waals surface area contributed by atoms with Crippen LogP contribution in [0.25, 0.3) is 0 Å². The molecular weight excluding hydrogens is 220 g/mol. The predicted molar refractivity (Wildman–Crippen MR) is 57.7 cm³/mol. The van der Waals surface area contributed by atoms with E-state index in [4.69, 9.17) is 10.7 Å². The van der Waals surface area contributed by atoms with E-state index < -0.39 is 9.05 Å². The Hall–Kier alpha value is 0.240. The lowest BCUT2D eigenvalue weighted by Crippen LogP contribution is -2.12. The largest absolute Gasteiger partial charge is 0.233 e. The Kier molecular flexibility index (Phi) is 2.39. The van der Waals surface area contributed by atoms with Crippen LogP contribution in [0, 0.1) is 23.2 Å². The molecule has 82 valence electrons. The number of hydrogen-bond acceptors (Lipinski definition) is 2. The van der Waals surface area contributed by atoms with Gasteiger partial charge in [0, 0.05) is 10.7 Å². The highest BCUT2D eigenvalue weighted by Crippen LogP contribution is 2.66. The van der Waals surface area contributed by atoms with Gasteiger partial charge in [-0.1, -0.05) is 20.3 Å². The minimum Gasteiger partial charge on any atom is -0.212 e. The Morgan fingerprint density at radius 2 is 2.00 bits per heavy atom. The first-order valence-corrected chi connectivity index (χ1v) is 7.73. The molecule has 0 aromatic carbocycles. The van der Waals surface area contributed by atoms with Crippen LogP contribution in [0.3, 0.4) is 0 Å². The molecule has 0 amide bonds. The van der Waals surface area contributed by atoms with Gasteiger partial charge in [0.25, 0.3) is 0 Å². The Morgan fingerprint density at radius 1 is 1.36 bits per heavy atom. The maximum Gasteiger partial charge on any atom is 0.233 e. The fourth-order valence-corrected chi connectivity index (χ4v) is 5.21. The summed E-state index contributed by atoms with van der Waals surface area (Å²) in [7, 11) is 2.01. The Balaban J connectivity index is 2.07. The van der Waals surface area contributed by atoms with Crippen molar-refractivity contribution in [1.29, 1.82) is 0 Å². The Bertz CT molecular complexity index is 338. The van der Waals surface area contributed by atoms with Crippen molar-refractivity contribution in [3.8, 4) is 0 Å². The molecule has 0 N–H and O–H groups in total. The molecule has 2 aliphatic rings. The van der Waals surface area contributed by atoms with Crippen molar-refractivity contribution >= 4 is 19.7 Å². The van der Waals surface area contributed by atoms with Gasteiger partial charge in [-0.05, 0) is 36.0 Å². The highest BCUT2D eigenvalue weighted by Gasteiger charge is 2.63. The Labute approximate surface area is 90.4 Å². The normalized spacial score (nSPS) is 47.2. The lowest BCUT2D eigenvalue weighted by molar-refractivity contribution is 0.367. The molecule has 2 aliphatic carbocycles. The third kappa shape index (κ3) is 1.81. The van der Waals surface area contributed by atoms with Crippen molar-refractivity contribution < 1.29 is 8.42 Å². The second kappa shape index (κ2) is 3.11. The molecule has 0 spiro atoms. The lowest BCUT2D eigenvalue weighted by atomic mass is 9.91. The highest BCUT2D eigenvalue weighted by molar-refractivity contribution is 8.13. The van der Waals surface area contributed by atoms with Gasteiger partial charge in [-0.3, -0.25) is 0 Å². The summed E-state index contributed by atoms with van der Waals surface area (Å²) in [5.41, 5.74) is -0.00859. The molecule has 4 unspecified atom stereocenters. The van der Waals surface area contributed by atoms with E-state index in [9.17, 15) is 8.42 Å². The van der Waals surface area contributed by atoms with Gasteiger partial charge in [-0.15, -0.1) is 0 Å². The van der Waals surface area contributed by atoms with E-state index in [0.717, 1.165) is 5.92 Å². The molecule has 0 aromatic heterocycles. The summed E-state index contributed by atoms with van der Waals surface area (Å²) in [5, 5.41) is 0. The third-order valence-electron chi connectivity index (χ3n) is 4.18. The molecule has 0 bridgehead atoms. The molecule has 4 heteroatoms. The molecule has 0 saturated heterocycles. The predicted octanol–water partition coefficient (Wildman–Crippen LogP) is 2.63. The van der Waals surface area contributed by atoms with Crippen LogP contribution < -0.4 is 0 Å². The van der Waals surface area contributed by atoms with Crippen LogP contribution >= 0.6 is 10.7 Å². The zero-order chi connectivity index (χ0) is 10.6. The topological polar surface area (TPSA) is 34.1 Å². The molecule has 4 atom stereocenters. The van der Waals surface area contributed by atoms with Crippen LogP contribution in [-0.2, 0) is 9.05 Å². The first-order valence-electron chi connectivity index (χ1n) is 5.25. The van der Waals surface area contributed by atoms with Crippen molar-refractivity contribution in [3.63, 3.8) is 0 Å². The molecule has 14 heavy (non-hydrogen) atoms. The summed E-state index contributed by atoms with van der Waals surface area (Å²) in [4.78, 5) is 0. The van der Waals surface area contributed by atoms with Crippen molar-refractivity contribution in [2.75, 3.05) is 5.75 Å². The van der Waals surface area contributed by atoms with Gasteiger partial charge in [-0.25, -0.2) is 8.42 Å². The van der Waals surface area contributed by atoms with Gasteiger partial charge in [0.1, 0.15) is 0 Å². The first-order chi connectivity index (χ1) is 6.33. The summed E-state index contributed by atoms with van der Waals surface area (Å²) < 4.78 is 22.2. The number of halogens is 1.